The second-order valence-corrected chi connectivity index (χ2v) is 4.98. The van der Waals surface area contributed by atoms with Crippen LogP contribution in [0.2, 0.25) is 0 Å². The number of aliphatic hydroxyl groups excluding tert-OH is 1. The number of nitrogens with one attached hydrogen (secondary N) is 1. The summed E-state index contributed by atoms with van der Waals surface area (Å²) in [6.45, 7) is 7.57. The maximum atomic E-state index is 10.2. The molecule has 2 rings (SSSR count). The van der Waals surface area contributed by atoms with Crippen molar-refractivity contribution in [1.29, 1.82) is 0 Å². The summed E-state index contributed by atoms with van der Waals surface area (Å²) in [6.07, 6.45) is 0.589. The molecule has 0 saturated carbocycles. The molecule has 1 atom stereocenters. The Bertz CT molecular complexity index is 361. The van der Waals surface area contributed by atoms with Crippen LogP contribution in [0.4, 0.5) is 0 Å². The lowest BCUT2D eigenvalue weighted by atomic mass is 10.1. The van der Waals surface area contributed by atoms with Crippen LogP contribution in [0.1, 0.15) is 25.0 Å². The highest BCUT2D eigenvalue weighted by molar-refractivity contribution is 5.28. The number of β-amino-alcohol motifs (C(OH)–C–C–N with tert-alkyl or cyclic N) is 1. The number of ether oxygens (including phenoxy) is 1. The maximum absolute atomic E-state index is 10.2. The molecule has 0 spiro atoms. The first kappa shape index (κ1) is 14.3. The summed E-state index contributed by atoms with van der Waals surface area (Å²) in [5.41, 5.74) is 0.961. The smallest absolute Gasteiger partial charge is 0.119 e. The van der Waals surface area contributed by atoms with Crippen LogP contribution >= 0.6 is 0 Å². The standard InChI is InChI=1S/C15H24N2O2/c1-2-11-19-14-5-3-13(4-6-14)15(18)12-17-9-7-16-8-10-17/h3-6,15-16,18H,2,7-12H2,1H3. The normalized spacial score (nSPS) is 18.2. The van der Waals surface area contributed by atoms with E-state index in [4.69, 9.17) is 4.74 Å². The minimum Gasteiger partial charge on any atom is -0.494 e. The summed E-state index contributed by atoms with van der Waals surface area (Å²) in [6, 6.07) is 7.79. The number of hydrogen-bond donors (Lipinski definition) is 2. The Labute approximate surface area is 115 Å². The zero-order valence-electron chi connectivity index (χ0n) is 11.6. The van der Waals surface area contributed by atoms with E-state index in [1.54, 1.807) is 0 Å². The van der Waals surface area contributed by atoms with E-state index in [9.17, 15) is 5.11 Å². The molecule has 1 saturated heterocycles. The van der Waals surface area contributed by atoms with E-state index < -0.39 is 6.10 Å². The highest BCUT2D eigenvalue weighted by Gasteiger charge is 2.15. The van der Waals surface area contributed by atoms with E-state index in [0.717, 1.165) is 50.5 Å². The number of hydrogen-bond acceptors (Lipinski definition) is 4. The first-order valence-corrected chi connectivity index (χ1v) is 7.13. The van der Waals surface area contributed by atoms with Gasteiger partial charge in [-0.25, -0.2) is 0 Å². The maximum Gasteiger partial charge on any atom is 0.119 e. The number of aliphatic hydroxyl groups is 1. The van der Waals surface area contributed by atoms with Crippen molar-refractivity contribution in [2.75, 3.05) is 39.3 Å². The number of benzene rings is 1. The van der Waals surface area contributed by atoms with E-state index in [0.29, 0.717) is 6.54 Å². The Balaban J connectivity index is 1.85. The molecule has 1 aliphatic rings. The lowest BCUT2D eigenvalue weighted by Gasteiger charge is -2.29. The summed E-state index contributed by atoms with van der Waals surface area (Å²) in [4.78, 5) is 2.29. The van der Waals surface area contributed by atoms with Crippen molar-refractivity contribution in [2.24, 2.45) is 0 Å². The van der Waals surface area contributed by atoms with E-state index in [2.05, 4.69) is 17.1 Å². The van der Waals surface area contributed by atoms with Crippen LogP contribution in [0.3, 0.4) is 0 Å². The van der Waals surface area contributed by atoms with Gasteiger partial charge in [0, 0.05) is 32.7 Å². The highest BCUT2D eigenvalue weighted by Crippen LogP contribution is 2.19. The third-order valence-corrected chi connectivity index (χ3v) is 3.38. The zero-order chi connectivity index (χ0) is 13.5. The number of rotatable bonds is 6. The van der Waals surface area contributed by atoms with Crippen molar-refractivity contribution in [3.63, 3.8) is 0 Å². The predicted octanol–water partition coefficient (Wildman–Crippen LogP) is 1.41. The van der Waals surface area contributed by atoms with Crippen LogP contribution in [-0.2, 0) is 0 Å². The second kappa shape index (κ2) is 7.48. The topological polar surface area (TPSA) is 44.7 Å². The van der Waals surface area contributed by atoms with Gasteiger partial charge < -0.3 is 15.2 Å². The molecular formula is C15H24N2O2. The Morgan fingerprint density at radius 1 is 1.26 bits per heavy atom. The first-order chi connectivity index (χ1) is 9.29. The molecule has 0 amide bonds. The molecule has 0 aromatic heterocycles. The molecule has 4 heteroatoms. The molecule has 106 valence electrons. The third kappa shape index (κ3) is 4.49. The van der Waals surface area contributed by atoms with Crippen molar-refractivity contribution in [3.8, 4) is 5.75 Å². The molecule has 1 unspecified atom stereocenters. The van der Waals surface area contributed by atoms with Crippen LogP contribution in [0.25, 0.3) is 0 Å². The molecule has 0 aliphatic carbocycles. The van der Waals surface area contributed by atoms with Gasteiger partial charge >= 0.3 is 0 Å². The number of nitrogens with zero attached hydrogens (tertiary/aromatic N) is 1. The van der Waals surface area contributed by atoms with Crippen LogP contribution in [0.5, 0.6) is 5.75 Å². The molecular weight excluding hydrogens is 240 g/mol. The van der Waals surface area contributed by atoms with Gasteiger partial charge in [-0.2, -0.15) is 0 Å². The SMILES string of the molecule is CCCOc1ccc(C(O)CN2CCNCC2)cc1. The molecule has 1 aromatic carbocycles. The first-order valence-electron chi connectivity index (χ1n) is 7.13. The van der Waals surface area contributed by atoms with Gasteiger partial charge in [-0.05, 0) is 24.1 Å². The van der Waals surface area contributed by atoms with E-state index in [1.807, 2.05) is 24.3 Å². The largest absolute Gasteiger partial charge is 0.494 e. The Morgan fingerprint density at radius 2 is 1.95 bits per heavy atom. The van der Waals surface area contributed by atoms with E-state index in [-0.39, 0.29) is 0 Å². The Kier molecular flexibility index (Phi) is 5.63. The van der Waals surface area contributed by atoms with Crippen molar-refractivity contribution in [2.45, 2.75) is 19.4 Å². The monoisotopic (exact) mass is 264 g/mol. The fraction of sp³-hybridized carbons (Fsp3) is 0.600. The van der Waals surface area contributed by atoms with Crippen molar-refractivity contribution >= 4 is 0 Å². The van der Waals surface area contributed by atoms with Crippen LogP contribution in [0, 0.1) is 0 Å². The summed E-state index contributed by atoms with van der Waals surface area (Å²) < 4.78 is 5.54. The van der Waals surface area contributed by atoms with Crippen molar-refractivity contribution in [1.82, 2.24) is 10.2 Å². The quantitative estimate of drug-likeness (QED) is 0.815. The summed E-state index contributed by atoms with van der Waals surface area (Å²) >= 11 is 0. The Morgan fingerprint density at radius 3 is 2.58 bits per heavy atom. The minimum absolute atomic E-state index is 0.418. The molecule has 1 aliphatic heterocycles. The second-order valence-electron chi connectivity index (χ2n) is 4.98. The highest BCUT2D eigenvalue weighted by atomic mass is 16.5. The molecule has 0 bridgehead atoms. The summed E-state index contributed by atoms with van der Waals surface area (Å²) in [5.74, 6) is 0.875. The van der Waals surface area contributed by atoms with E-state index in [1.165, 1.54) is 0 Å². The van der Waals surface area contributed by atoms with Gasteiger partial charge in [0.25, 0.3) is 0 Å². The van der Waals surface area contributed by atoms with Gasteiger partial charge in [0.15, 0.2) is 0 Å². The fourth-order valence-electron chi connectivity index (χ4n) is 2.25. The summed E-state index contributed by atoms with van der Waals surface area (Å²) in [7, 11) is 0. The van der Waals surface area contributed by atoms with Crippen LogP contribution in [-0.4, -0.2) is 49.3 Å². The van der Waals surface area contributed by atoms with Gasteiger partial charge in [0.2, 0.25) is 0 Å². The Hall–Kier alpha value is -1.10. The average Bonchev–Trinajstić information content (AvgIpc) is 2.46. The zero-order valence-corrected chi connectivity index (χ0v) is 11.6. The fourth-order valence-corrected chi connectivity index (χ4v) is 2.25. The molecule has 1 heterocycles. The molecule has 0 radical (unpaired) electrons. The molecule has 1 fully saturated rings. The van der Waals surface area contributed by atoms with Crippen LogP contribution < -0.4 is 10.1 Å². The van der Waals surface area contributed by atoms with Gasteiger partial charge in [-0.1, -0.05) is 19.1 Å². The van der Waals surface area contributed by atoms with Crippen molar-refractivity contribution < 1.29 is 9.84 Å². The van der Waals surface area contributed by atoms with Crippen molar-refractivity contribution in [3.05, 3.63) is 29.8 Å². The summed E-state index contributed by atoms with van der Waals surface area (Å²) in [5, 5.41) is 13.6. The molecule has 4 nitrogen and oxygen atoms in total. The van der Waals surface area contributed by atoms with E-state index >= 15 is 0 Å². The van der Waals surface area contributed by atoms with Gasteiger partial charge in [-0.15, -0.1) is 0 Å². The van der Waals surface area contributed by atoms with Crippen LogP contribution in [0.15, 0.2) is 24.3 Å². The molecule has 19 heavy (non-hydrogen) atoms. The number of piperazine rings is 1. The minimum atomic E-state index is -0.418. The van der Waals surface area contributed by atoms with Gasteiger partial charge in [0.05, 0.1) is 12.7 Å². The molecule has 1 aromatic rings. The van der Waals surface area contributed by atoms with Gasteiger partial charge in [-0.3, -0.25) is 4.90 Å². The lowest BCUT2D eigenvalue weighted by Crippen LogP contribution is -2.44. The predicted molar refractivity (Wildman–Crippen MR) is 76.5 cm³/mol. The average molecular weight is 264 g/mol. The molecule has 2 N–H and O–H groups in total. The van der Waals surface area contributed by atoms with Gasteiger partial charge in [0.1, 0.15) is 5.75 Å². The lowest BCUT2D eigenvalue weighted by molar-refractivity contribution is 0.105. The third-order valence-electron chi connectivity index (χ3n) is 3.38.